The molecule has 1 unspecified atom stereocenters. The van der Waals surface area contributed by atoms with E-state index in [-0.39, 0.29) is 6.10 Å². The first-order valence-electron chi connectivity index (χ1n) is 4.99. The predicted molar refractivity (Wildman–Crippen MR) is 56.8 cm³/mol. The highest BCUT2D eigenvalue weighted by Gasteiger charge is 2.07. The molecule has 3 heteroatoms. The van der Waals surface area contributed by atoms with Gasteiger partial charge in [-0.05, 0) is 18.1 Å². The van der Waals surface area contributed by atoms with Gasteiger partial charge in [0.05, 0.1) is 11.8 Å². The molecule has 1 aromatic heterocycles. The van der Waals surface area contributed by atoms with E-state index in [1.165, 1.54) is 0 Å². The van der Waals surface area contributed by atoms with E-state index in [4.69, 9.17) is 0 Å². The zero-order valence-electron chi connectivity index (χ0n) is 8.77. The van der Waals surface area contributed by atoms with E-state index in [2.05, 4.69) is 10.3 Å². The molecule has 14 heavy (non-hydrogen) atoms. The van der Waals surface area contributed by atoms with Gasteiger partial charge in [0, 0.05) is 19.3 Å². The van der Waals surface area contributed by atoms with Gasteiger partial charge in [-0.15, -0.1) is 0 Å². The third-order valence-corrected chi connectivity index (χ3v) is 2.16. The first-order chi connectivity index (χ1) is 6.70. The first kappa shape index (κ1) is 11.1. The summed E-state index contributed by atoms with van der Waals surface area (Å²) in [6, 6.07) is 5.82. The molecular weight excluding hydrogens is 176 g/mol. The lowest BCUT2D eigenvalue weighted by Gasteiger charge is -2.14. The molecule has 0 aliphatic rings. The van der Waals surface area contributed by atoms with Crippen LogP contribution in [0.2, 0.25) is 0 Å². The fraction of sp³-hybridized carbons (Fsp3) is 0.545. The van der Waals surface area contributed by atoms with Crippen LogP contribution in [0.4, 0.5) is 0 Å². The van der Waals surface area contributed by atoms with Crippen molar-refractivity contribution < 1.29 is 5.11 Å². The van der Waals surface area contributed by atoms with Crippen molar-refractivity contribution >= 4 is 0 Å². The third kappa shape index (κ3) is 3.85. The van der Waals surface area contributed by atoms with Crippen LogP contribution in [0.3, 0.4) is 0 Å². The summed E-state index contributed by atoms with van der Waals surface area (Å²) in [7, 11) is 0. The van der Waals surface area contributed by atoms with Crippen molar-refractivity contribution in [2.75, 3.05) is 6.54 Å². The average molecular weight is 194 g/mol. The summed E-state index contributed by atoms with van der Waals surface area (Å²) >= 11 is 0. The minimum atomic E-state index is -0.279. The monoisotopic (exact) mass is 194 g/mol. The minimum absolute atomic E-state index is 0.279. The molecule has 1 aromatic rings. The van der Waals surface area contributed by atoms with Crippen molar-refractivity contribution in [2.24, 2.45) is 5.92 Å². The second-order valence-corrected chi connectivity index (χ2v) is 3.76. The molecule has 1 atom stereocenters. The lowest BCUT2D eigenvalue weighted by atomic mass is 10.1. The normalized spacial score (nSPS) is 13.1. The van der Waals surface area contributed by atoms with E-state index in [9.17, 15) is 5.11 Å². The Hall–Kier alpha value is -0.930. The van der Waals surface area contributed by atoms with Gasteiger partial charge in [0.1, 0.15) is 0 Å². The standard InChI is InChI=1S/C11H18N2O/c1-9(2)11(14)8-12-7-10-5-3-4-6-13-10/h3-6,9,11-12,14H,7-8H2,1-2H3. The highest BCUT2D eigenvalue weighted by molar-refractivity contribution is 5.02. The smallest absolute Gasteiger partial charge is 0.0687 e. The number of aliphatic hydroxyl groups is 1. The molecule has 0 aromatic carbocycles. The Morgan fingerprint density at radius 3 is 2.79 bits per heavy atom. The number of aliphatic hydroxyl groups excluding tert-OH is 1. The van der Waals surface area contributed by atoms with E-state index < -0.39 is 0 Å². The van der Waals surface area contributed by atoms with Crippen molar-refractivity contribution in [1.29, 1.82) is 0 Å². The molecule has 0 bridgehead atoms. The summed E-state index contributed by atoms with van der Waals surface area (Å²) in [4.78, 5) is 4.18. The number of hydrogen-bond acceptors (Lipinski definition) is 3. The quantitative estimate of drug-likeness (QED) is 0.740. The van der Waals surface area contributed by atoms with Crippen molar-refractivity contribution in [1.82, 2.24) is 10.3 Å². The van der Waals surface area contributed by atoms with Crippen LogP contribution in [-0.4, -0.2) is 22.7 Å². The molecule has 0 saturated heterocycles. The third-order valence-electron chi connectivity index (χ3n) is 2.16. The van der Waals surface area contributed by atoms with Crippen LogP contribution in [0.1, 0.15) is 19.5 Å². The fourth-order valence-corrected chi connectivity index (χ4v) is 1.09. The molecule has 0 saturated carbocycles. The maximum Gasteiger partial charge on any atom is 0.0687 e. The van der Waals surface area contributed by atoms with Crippen LogP contribution in [0.25, 0.3) is 0 Å². The van der Waals surface area contributed by atoms with E-state index >= 15 is 0 Å². The van der Waals surface area contributed by atoms with Crippen LogP contribution >= 0.6 is 0 Å². The summed E-state index contributed by atoms with van der Waals surface area (Å²) in [5.41, 5.74) is 1.00. The van der Waals surface area contributed by atoms with Gasteiger partial charge in [-0.2, -0.15) is 0 Å². The summed E-state index contributed by atoms with van der Waals surface area (Å²) in [5.74, 6) is 0.297. The second kappa shape index (κ2) is 5.73. The Labute approximate surface area is 85.2 Å². The molecule has 78 valence electrons. The summed E-state index contributed by atoms with van der Waals surface area (Å²) in [6.45, 7) is 5.35. The molecule has 0 amide bonds. The Bertz CT molecular complexity index is 249. The van der Waals surface area contributed by atoms with Crippen molar-refractivity contribution in [3.05, 3.63) is 30.1 Å². The van der Waals surface area contributed by atoms with E-state index in [0.29, 0.717) is 19.0 Å². The van der Waals surface area contributed by atoms with Crippen molar-refractivity contribution in [2.45, 2.75) is 26.5 Å². The molecule has 1 heterocycles. The fourth-order valence-electron chi connectivity index (χ4n) is 1.09. The Kier molecular flexibility index (Phi) is 4.56. The van der Waals surface area contributed by atoms with Gasteiger partial charge in [-0.3, -0.25) is 4.98 Å². The lowest BCUT2D eigenvalue weighted by molar-refractivity contribution is 0.123. The molecule has 2 N–H and O–H groups in total. The maximum atomic E-state index is 9.52. The predicted octanol–water partition coefficient (Wildman–Crippen LogP) is 1.19. The van der Waals surface area contributed by atoms with Crippen LogP contribution in [0.5, 0.6) is 0 Å². The Morgan fingerprint density at radius 2 is 2.21 bits per heavy atom. The molecule has 0 spiro atoms. The number of pyridine rings is 1. The van der Waals surface area contributed by atoms with E-state index in [1.54, 1.807) is 6.20 Å². The number of rotatable bonds is 5. The van der Waals surface area contributed by atoms with Crippen LogP contribution in [0, 0.1) is 5.92 Å². The van der Waals surface area contributed by atoms with E-state index in [0.717, 1.165) is 5.69 Å². The first-order valence-corrected chi connectivity index (χ1v) is 4.99. The molecule has 0 radical (unpaired) electrons. The number of nitrogens with zero attached hydrogens (tertiary/aromatic N) is 1. The number of nitrogens with one attached hydrogen (secondary N) is 1. The highest BCUT2D eigenvalue weighted by atomic mass is 16.3. The van der Waals surface area contributed by atoms with Gasteiger partial charge < -0.3 is 10.4 Å². The van der Waals surface area contributed by atoms with Gasteiger partial charge >= 0.3 is 0 Å². The highest BCUT2D eigenvalue weighted by Crippen LogP contribution is 1.99. The van der Waals surface area contributed by atoms with E-state index in [1.807, 2.05) is 32.0 Å². The summed E-state index contributed by atoms with van der Waals surface area (Å²) in [5, 5.41) is 12.7. The van der Waals surface area contributed by atoms with Crippen LogP contribution in [0.15, 0.2) is 24.4 Å². The molecule has 1 rings (SSSR count). The van der Waals surface area contributed by atoms with Gasteiger partial charge in [0.15, 0.2) is 0 Å². The van der Waals surface area contributed by atoms with Gasteiger partial charge in [-0.25, -0.2) is 0 Å². The second-order valence-electron chi connectivity index (χ2n) is 3.76. The molecule has 0 aliphatic heterocycles. The SMILES string of the molecule is CC(C)C(O)CNCc1ccccn1. The van der Waals surface area contributed by atoms with Crippen LogP contribution in [-0.2, 0) is 6.54 Å². The molecule has 0 fully saturated rings. The Balaban J connectivity index is 2.22. The number of aromatic nitrogens is 1. The minimum Gasteiger partial charge on any atom is -0.392 e. The van der Waals surface area contributed by atoms with Crippen molar-refractivity contribution in [3.8, 4) is 0 Å². The summed E-state index contributed by atoms with van der Waals surface area (Å²) < 4.78 is 0. The van der Waals surface area contributed by atoms with Gasteiger partial charge in [-0.1, -0.05) is 19.9 Å². The Morgan fingerprint density at radius 1 is 1.43 bits per heavy atom. The largest absolute Gasteiger partial charge is 0.392 e. The topological polar surface area (TPSA) is 45.1 Å². The zero-order valence-corrected chi connectivity index (χ0v) is 8.77. The lowest BCUT2D eigenvalue weighted by Crippen LogP contribution is -2.30. The average Bonchev–Trinajstić information content (AvgIpc) is 2.19. The van der Waals surface area contributed by atoms with Gasteiger partial charge in [0.25, 0.3) is 0 Å². The van der Waals surface area contributed by atoms with Crippen LogP contribution < -0.4 is 5.32 Å². The molecule has 0 aliphatic carbocycles. The van der Waals surface area contributed by atoms with Crippen molar-refractivity contribution in [3.63, 3.8) is 0 Å². The van der Waals surface area contributed by atoms with Gasteiger partial charge in [0.2, 0.25) is 0 Å². The molecule has 3 nitrogen and oxygen atoms in total. The maximum absolute atomic E-state index is 9.52. The number of hydrogen-bond donors (Lipinski definition) is 2. The molecular formula is C11H18N2O. The zero-order chi connectivity index (χ0) is 10.4. The summed E-state index contributed by atoms with van der Waals surface area (Å²) in [6.07, 6.45) is 1.49.